The number of hydrogen-bond acceptors (Lipinski definition) is 8. The van der Waals surface area contributed by atoms with Crippen LogP contribution < -0.4 is 9.47 Å². The quantitative estimate of drug-likeness (QED) is 0.588. The minimum Gasteiger partial charge on any atom is -0.486 e. The van der Waals surface area contributed by atoms with E-state index in [2.05, 4.69) is 10.1 Å². The van der Waals surface area contributed by atoms with Crippen molar-refractivity contribution >= 4 is 15.9 Å². The summed E-state index contributed by atoms with van der Waals surface area (Å²) in [4.78, 5) is 19.1. The van der Waals surface area contributed by atoms with Crippen molar-refractivity contribution in [2.75, 3.05) is 19.8 Å². The number of benzene rings is 1. The Balaban J connectivity index is 1.38. The van der Waals surface area contributed by atoms with E-state index in [-0.39, 0.29) is 23.9 Å². The lowest BCUT2D eigenvalue weighted by Crippen LogP contribution is -2.46. The third kappa shape index (κ3) is 3.53. The molecule has 4 heterocycles. The van der Waals surface area contributed by atoms with Crippen molar-refractivity contribution in [1.29, 1.82) is 0 Å². The molecule has 1 N–H and O–H groups in total. The second-order valence-corrected chi connectivity index (χ2v) is 9.95. The molecule has 0 spiro atoms. The van der Waals surface area contributed by atoms with Crippen LogP contribution in [0.3, 0.4) is 0 Å². The van der Waals surface area contributed by atoms with Gasteiger partial charge in [0.05, 0.1) is 29.4 Å². The van der Waals surface area contributed by atoms with Crippen LogP contribution in [0.25, 0.3) is 0 Å². The number of ether oxygens (including phenoxy) is 2. The molecular weight excluding hydrogens is 448 g/mol. The summed E-state index contributed by atoms with van der Waals surface area (Å²) in [6, 6.07) is 9.63. The number of carbonyl (C=O) groups excluding carboxylic acids is 1. The standard InChI is InChI=1S/C22H22N4O6S/c1-22(14-27,20-4-2-3-7-23-20)21(28)25-11-15-12-26(24-17(15)13-25)33(29,30)16-5-6-18-19(10-16)32-9-8-31-18/h2-7,10,12,27H,8-9,11,13-14H2,1H3/t22-/m0/s1. The summed E-state index contributed by atoms with van der Waals surface area (Å²) in [6.45, 7) is 2.32. The molecule has 0 unspecified atom stereocenters. The Bertz CT molecular complexity index is 1300. The molecule has 0 saturated carbocycles. The van der Waals surface area contributed by atoms with Crippen LogP contribution in [0.1, 0.15) is 23.9 Å². The summed E-state index contributed by atoms with van der Waals surface area (Å²) < 4.78 is 38.1. The molecule has 5 rings (SSSR count). The van der Waals surface area contributed by atoms with Crippen LogP contribution in [0.4, 0.5) is 0 Å². The highest BCUT2D eigenvalue weighted by molar-refractivity contribution is 7.89. The fraction of sp³-hybridized carbons (Fsp3) is 0.318. The molecule has 3 aromatic rings. The highest BCUT2D eigenvalue weighted by atomic mass is 32.2. The highest BCUT2D eigenvalue weighted by Crippen LogP contribution is 2.34. The van der Waals surface area contributed by atoms with Gasteiger partial charge in [0.1, 0.15) is 18.6 Å². The fourth-order valence-corrected chi connectivity index (χ4v) is 5.17. The zero-order chi connectivity index (χ0) is 23.2. The number of aliphatic hydroxyl groups is 1. The topological polar surface area (TPSA) is 124 Å². The first kappa shape index (κ1) is 21.4. The Morgan fingerprint density at radius 1 is 1.15 bits per heavy atom. The van der Waals surface area contributed by atoms with Crippen LogP contribution >= 0.6 is 0 Å². The molecule has 0 aliphatic carbocycles. The van der Waals surface area contributed by atoms with Crippen molar-refractivity contribution in [1.82, 2.24) is 19.1 Å². The first-order chi connectivity index (χ1) is 15.8. The second-order valence-electron chi connectivity index (χ2n) is 8.15. The number of nitrogens with zero attached hydrogens (tertiary/aromatic N) is 4. The van der Waals surface area contributed by atoms with E-state index in [0.717, 1.165) is 4.09 Å². The van der Waals surface area contributed by atoms with Gasteiger partial charge in [0.15, 0.2) is 11.5 Å². The Hall–Kier alpha value is -3.44. The summed E-state index contributed by atoms with van der Waals surface area (Å²) in [5, 5.41) is 14.2. The van der Waals surface area contributed by atoms with Crippen LogP contribution in [-0.2, 0) is 33.3 Å². The van der Waals surface area contributed by atoms with E-state index in [1.165, 1.54) is 18.3 Å². The zero-order valence-electron chi connectivity index (χ0n) is 17.8. The summed E-state index contributed by atoms with van der Waals surface area (Å²) in [5.74, 6) is 0.566. The number of aliphatic hydroxyl groups excluding tert-OH is 1. The van der Waals surface area contributed by atoms with Gasteiger partial charge in [0.2, 0.25) is 5.91 Å². The van der Waals surface area contributed by atoms with Gasteiger partial charge in [0, 0.05) is 30.6 Å². The normalized spacial score (nSPS) is 16.8. The molecule has 1 amide bonds. The smallest absolute Gasteiger partial charge is 0.283 e. The van der Waals surface area contributed by atoms with Gasteiger partial charge >= 0.3 is 0 Å². The van der Waals surface area contributed by atoms with Crippen molar-refractivity contribution in [2.45, 2.75) is 30.3 Å². The van der Waals surface area contributed by atoms with Gasteiger partial charge in [-0.1, -0.05) is 6.07 Å². The molecule has 1 atom stereocenters. The highest BCUT2D eigenvalue weighted by Gasteiger charge is 2.42. The Morgan fingerprint density at radius 2 is 1.94 bits per heavy atom. The zero-order valence-corrected chi connectivity index (χ0v) is 18.7. The Morgan fingerprint density at radius 3 is 2.64 bits per heavy atom. The lowest BCUT2D eigenvalue weighted by Gasteiger charge is -2.30. The molecule has 2 aliphatic rings. The van der Waals surface area contributed by atoms with Crippen molar-refractivity contribution in [3.63, 3.8) is 0 Å². The maximum absolute atomic E-state index is 13.3. The van der Waals surface area contributed by atoms with Crippen molar-refractivity contribution < 1.29 is 27.8 Å². The lowest BCUT2D eigenvalue weighted by molar-refractivity contribution is -0.139. The van der Waals surface area contributed by atoms with E-state index in [0.29, 0.717) is 41.7 Å². The largest absolute Gasteiger partial charge is 0.486 e. The number of aromatic nitrogens is 3. The van der Waals surface area contributed by atoms with Crippen molar-refractivity contribution in [3.05, 3.63) is 65.7 Å². The van der Waals surface area contributed by atoms with Gasteiger partial charge in [-0.2, -0.15) is 17.6 Å². The molecule has 172 valence electrons. The van der Waals surface area contributed by atoms with Crippen LogP contribution in [0.2, 0.25) is 0 Å². The first-order valence-electron chi connectivity index (χ1n) is 10.4. The van der Waals surface area contributed by atoms with Gasteiger partial charge in [-0.15, -0.1) is 0 Å². The monoisotopic (exact) mass is 470 g/mol. The van der Waals surface area contributed by atoms with E-state index >= 15 is 0 Å². The molecule has 0 saturated heterocycles. The molecule has 0 bridgehead atoms. The van der Waals surface area contributed by atoms with Gasteiger partial charge in [-0.3, -0.25) is 9.78 Å². The molecule has 11 heteroatoms. The van der Waals surface area contributed by atoms with Crippen molar-refractivity contribution in [3.8, 4) is 11.5 Å². The number of pyridine rings is 1. The number of fused-ring (bicyclic) bond motifs is 2. The van der Waals surface area contributed by atoms with E-state index in [1.54, 1.807) is 42.3 Å². The van der Waals surface area contributed by atoms with Gasteiger partial charge < -0.3 is 19.5 Å². The molecule has 2 aromatic heterocycles. The van der Waals surface area contributed by atoms with E-state index in [9.17, 15) is 18.3 Å². The maximum Gasteiger partial charge on any atom is 0.283 e. The van der Waals surface area contributed by atoms with Gasteiger partial charge in [-0.05, 0) is 31.2 Å². The van der Waals surface area contributed by atoms with Crippen LogP contribution in [-0.4, -0.2) is 58.3 Å². The van der Waals surface area contributed by atoms with Crippen molar-refractivity contribution in [2.24, 2.45) is 0 Å². The summed E-state index contributed by atoms with van der Waals surface area (Å²) in [6.07, 6.45) is 2.99. The van der Waals surface area contributed by atoms with E-state index in [4.69, 9.17) is 9.47 Å². The Kier molecular flexibility index (Phi) is 5.09. The number of rotatable bonds is 5. The minimum absolute atomic E-state index is 0.0314. The first-order valence-corrected chi connectivity index (χ1v) is 11.8. The molecular formula is C22H22N4O6S. The van der Waals surface area contributed by atoms with Crippen LogP contribution in [0.5, 0.6) is 11.5 Å². The predicted octanol–water partition coefficient (Wildman–Crippen LogP) is 1.08. The molecule has 10 nitrogen and oxygen atoms in total. The molecule has 0 fully saturated rings. The van der Waals surface area contributed by atoms with Crippen LogP contribution in [0, 0.1) is 0 Å². The Labute approximate surface area is 190 Å². The summed E-state index contributed by atoms with van der Waals surface area (Å²) >= 11 is 0. The average Bonchev–Trinajstić information content (AvgIpc) is 3.43. The molecule has 33 heavy (non-hydrogen) atoms. The average molecular weight is 471 g/mol. The third-order valence-electron chi connectivity index (χ3n) is 5.92. The van der Waals surface area contributed by atoms with Crippen LogP contribution in [0.15, 0.2) is 53.7 Å². The van der Waals surface area contributed by atoms with Gasteiger partial charge in [-0.25, -0.2) is 0 Å². The fourth-order valence-electron chi connectivity index (χ4n) is 3.98. The van der Waals surface area contributed by atoms with E-state index < -0.39 is 22.0 Å². The number of amides is 1. The summed E-state index contributed by atoms with van der Waals surface area (Å²) in [5.41, 5.74) is 0.377. The van der Waals surface area contributed by atoms with Gasteiger partial charge in [0.25, 0.3) is 10.0 Å². The second kappa shape index (κ2) is 7.85. The SMILES string of the molecule is C[C@@](CO)(C(=O)N1Cc2cn(S(=O)(=O)c3ccc4c(c3)OCCO4)nc2C1)c1ccccn1. The van der Waals surface area contributed by atoms with E-state index in [1.807, 2.05) is 0 Å². The third-order valence-corrected chi connectivity index (χ3v) is 7.45. The minimum atomic E-state index is -3.95. The molecule has 1 aromatic carbocycles. The molecule has 0 radical (unpaired) electrons. The summed E-state index contributed by atoms with van der Waals surface area (Å²) in [7, 11) is -3.95. The molecule has 2 aliphatic heterocycles. The maximum atomic E-state index is 13.3. The number of hydrogen-bond donors (Lipinski definition) is 1. The predicted molar refractivity (Wildman–Crippen MR) is 115 cm³/mol. The number of carbonyl (C=O) groups is 1. The lowest BCUT2D eigenvalue weighted by atomic mass is 9.85.